The predicted octanol–water partition coefficient (Wildman–Crippen LogP) is 3.10. The molecular formula is C18H20N2O. The molecule has 1 aromatic heterocycles. The molecule has 1 aromatic carbocycles. The van der Waals surface area contributed by atoms with Gasteiger partial charge in [-0.25, -0.2) is 0 Å². The second-order valence-electron chi connectivity index (χ2n) is 5.49. The first-order chi connectivity index (χ1) is 10.3. The number of carbonyl (C=O) groups excluding carboxylic acids is 1. The highest BCUT2D eigenvalue weighted by Crippen LogP contribution is 2.21. The van der Waals surface area contributed by atoms with Crippen molar-refractivity contribution in [2.75, 3.05) is 6.54 Å². The van der Waals surface area contributed by atoms with E-state index in [1.165, 1.54) is 5.56 Å². The fourth-order valence-electron chi connectivity index (χ4n) is 3.03. The van der Waals surface area contributed by atoms with E-state index < -0.39 is 0 Å². The van der Waals surface area contributed by atoms with Crippen LogP contribution in [0.15, 0.2) is 48.7 Å². The molecule has 1 unspecified atom stereocenters. The lowest BCUT2D eigenvalue weighted by molar-refractivity contribution is 0.0681. The van der Waals surface area contributed by atoms with Gasteiger partial charge in [-0.05, 0) is 36.6 Å². The second-order valence-corrected chi connectivity index (χ2v) is 5.49. The van der Waals surface area contributed by atoms with Crippen LogP contribution in [0.2, 0.25) is 0 Å². The zero-order chi connectivity index (χ0) is 14.7. The van der Waals surface area contributed by atoms with Crippen LogP contribution in [0.25, 0.3) is 0 Å². The van der Waals surface area contributed by atoms with Crippen LogP contribution in [0.1, 0.15) is 35.0 Å². The number of benzene rings is 1. The largest absolute Gasteiger partial charge is 0.335 e. The monoisotopic (exact) mass is 280 g/mol. The molecule has 3 rings (SSSR count). The van der Waals surface area contributed by atoms with Crippen LogP contribution < -0.4 is 0 Å². The van der Waals surface area contributed by atoms with Crippen molar-refractivity contribution in [2.45, 2.75) is 32.2 Å². The fourth-order valence-corrected chi connectivity index (χ4v) is 3.03. The van der Waals surface area contributed by atoms with Gasteiger partial charge in [-0.1, -0.05) is 31.2 Å². The Bertz CT molecular complexity index is 624. The van der Waals surface area contributed by atoms with Crippen LogP contribution in [0.5, 0.6) is 0 Å². The topological polar surface area (TPSA) is 33.2 Å². The summed E-state index contributed by atoms with van der Waals surface area (Å²) in [4.78, 5) is 19.3. The predicted molar refractivity (Wildman–Crippen MR) is 83.2 cm³/mol. The van der Waals surface area contributed by atoms with Crippen LogP contribution in [0.4, 0.5) is 0 Å². The Morgan fingerprint density at radius 1 is 1.24 bits per heavy atom. The molecule has 108 valence electrons. The van der Waals surface area contributed by atoms with E-state index in [2.05, 4.69) is 18.0 Å². The summed E-state index contributed by atoms with van der Waals surface area (Å²) in [6, 6.07) is 13.9. The molecule has 2 heterocycles. The van der Waals surface area contributed by atoms with Gasteiger partial charge in [0.25, 0.3) is 5.91 Å². The van der Waals surface area contributed by atoms with Gasteiger partial charge in [-0.3, -0.25) is 9.78 Å². The quantitative estimate of drug-likeness (QED) is 0.847. The Labute approximate surface area is 125 Å². The number of carbonyl (C=O) groups is 1. The second kappa shape index (κ2) is 6.08. The maximum Gasteiger partial charge on any atom is 0.254 e. The van der Waals surface area contributed by atoms with E-state index in [9.17, 15) is 4.79 Å². The summed E-state index contributed by atoms with van der Waals surface area (Å²) in [5, 5.41) is 0. The smallest absolute Gasteiger partial charge is 0.254 e. The van der Waals surface area contributed by atoms with Crippen molar-refractivity contribution in [3.05, 3.63) is 65.5 Å². The van der Waals surface area contributed by atoms with Crippen LogP contribution in [0.3, 0.4) is 0 Å². The molecule has 0 N–H and O–H groups in total. The van der Waals surface area contributed by atoms with Crippen LogP contribution in [-0.2, 0) is 12.8 Å². The van der Waals surface area contributed by atoms with E-state index in [0.717, 1.165) is 37.1 Å². The third-order valence-corrected chi connectivity index (χ3v) is 4.22. The number of nitrogens with zero attached hydrogens (tertiary/aromatic N) is 2. The Morgan fingerprint density at radius 3 is 2.81 bits per heavy atom. The molecule has 3 nitrogen and oxygen atoms in total. The molecule has 0 saturated carbocycles. The number of fused-ring (bicyclic) bond motifs is 1. The van der Waals surface area contributed by atoms with E-state index in [0.29, 0.717) is 0 Å². The van der Waals surface area contributed by atoms with E-state index in [1.54, 1.807) is 0 Å². The van der Waals surface area contributed by atoms with Crippen LogP contribution in [0, 0.1) is 0 Å². The van der Waals surface area contributed by atoms with E-state index in [1.807, 2.05) is 47.5 Å². The summed E-state index contributed by atoms with van der Waals surface area (Å²) in [7, 11) is 0. The molecule has 1 aliphatic rings. The molecular weight excluding hydrogens is 260 g/mol. The standard InChI is InChI=1S/C18H20N2O/c1-2-16-13-15-9-6-11-19-17(15)10-12-20(16)18(21)14-7-4-3-5-8-14/h3-9,11,16H,2,10,12-13H2,1H3. The fraction of sp³-hybridized carbons (Fsp3) is 0.333. The maximum absolute atomic E-state index is 12.8. The van der Waals surface area contributed by atoms with Crippen molar-refractivity contribution in [2.24, 2.45) is 0 Å². The lowest BCUT2D eigenvalue weighted by Crippen LogP contribution is -2.41. The minimum Gasteiger partial charge on any atom is -0.335 e. The zero-order valence-corrected chi connectivity index (χ0v) is 12.3. The van der Waals surface area contributed by atoms with Crippen molar-refractivity contribution >= 4 is 5.91 Å². The molecule has 21 heavy (non-hydrogen) atoms. The average Bonchev–Trinajstić information content (AvgIpc) is 2.74. The molecule has 2 aromatic rings. The first-order valence-electron chi connectivity index (χ1n) is 7.58. The molecule has 3 heteroatoms. The SMILES string of the molecule is CCC1Cc2cccnc2CCN1C(=O)c1ccccc1. The Kier molecular flexibility index (Phi) is 4.00. The Hall–Kier alpha value is -2.16. The molecule has 0 radical (unpaired) electrons. The lowest BCUT2D eigenvalue weighted by Gasteiger charge is -2.29. The summed E-state index contributed by atoms with van der Waals surface area (Å²) in [5.74, 6) is 0.134. The van der Waals surface area contributed by atoms with Crippen molar-refractivity contribution in [1.82, 2.24) is 9.88 Å². The number of hydrogen-bond acceptors (Lipinski definition) is 2. The summed E-state index contributed by atoms with van der Waals surface area (Å²) >= 11 is 0. The van der Waals surface area contributed by atoms with Gasteiger partial charge in [0.2, 0.25) is 0 Å². The summed E-state index contributed by atoms with van der Waals surface area (Å²) < 4.78 is 0. The number of hydrogen-bond donors (Lipinski definition) is 0. The molecule has 0 bridgehead atoms. The van der Waals surface area contributed by atoms with Crippen LogP contribution >= 0.6 is 0 Å². The van der Waals surface area contributed by atoms with E-state index >= 15 is 0 Å². The van der Waals surface area contributed by atoms with Gasteiger partial charge in [0.05, 0.1) is 0 Å². The van der Waals surface area contributed by atoms with Gasteiger partial charge in [-0.2, -0.15) is 0 Å². The summed E-state index contributed by atoms with van der Waals surface area (Å²) in [5.41, 5.74) is 3.20. The maximum atomic E-state index is 12.8. The van der Waals surface area contributed by atoms with Crippen molar-refractivity contribution in [1.29, 1.82) is 0 Å². The minimum absolute atomic E-state index is 0.134. The normalized spacial score (nSPS) is 18.0. The molecule has 1 atom stereocenters. The molecule has 1 amide bonds. The Morgan fingerprint density at radius 2 is 2.05 bits per heavy atom. The van der Waals surface area contributed by atoms with Gasteiger partial charge in [0, 0.05) is 36.5 Å². The van der Waals surface area contributed by atoms with Gasteiger partial charge in [0.1, 0.15) is 0 Å². The van der Waals surface area contributed by atoms with E-state index in [-0.39, 0.29) is 11.9 Å². The van der Waals surface area contributed by atoms with Crippen molar-refractivity contribution in [3.8, 4) is 0 Å². The lowest BCUT2D eigenvalue weighted by atomic mass is 10.0. The van der Waals surface area contributed by atoms with Crippen molar-refractivity contribution in [3.63, 3.8) is 0 Å². The highest BCUT2D eigenvalue weighted by atomic mass is 16.2. The molecule has 1 aliphatic heterocycles. The number of pyridine rings is 1. The Balaban J connectivity index is 1.88. The molecule has 0 fully saturated rings. The first kappa shape index (κ1) is 13.8. The van der Waals surface area contributed by atoms with Crippen molar-refractivity contribution < 1.29 is 4.79 Å². The molecule has 0 saturated heterocycles. The number of aromatic nitrogens is 1. The summed E-state index contributed by atoms with van der Waals surface area (Å²) in [6.45, 7) is 2.90. The van der Waals surface area contributed by atoms with Crippen LogP contribution in [-0.4, -0.2) is 28.4 Å². The number of rotatable bonds is 2. The van der Waals surface area contributed by atoms with Gasteiger partial charge in [0.15, 0.2) is 0 Å². The first-order valence-corrected chi connectivity index (χ1v) is 7.58. The zero-order valence-electron chi connectivity index (χ0n) is 12.3. The third-order valence-electron chi connectivity index (χ3n) is 4.22. The molecule has 0 spiro atoms. The third kappa shape index (κ3) is 2.82. The molecule has 0 aliphatic carbocycles. The van der Waals surface area contributed by atoms with Gasteiger partial charge < -0.3 is 4.90 Å². The van der Waals surface area contributed by atoms with Gasteiger partial charge >= 0.3 is 0 Å². The van der Waals surface area contributed by atoms with Gasteiger partial charge in [-0.15, -0.1) is 0 Å². The summed E-state index contributed by atoms with van der Waals surface area (Å²) in [6.07, 6.45) is 4.55. The average molecular weight is 280 g/mol. The highest BCUT2D eigenvalue weighted by Gasteiger charge is 2.27. The highest BCUT2D eigenvalue weighted by molar-refractivity contribution is 5.94. The van der Waals surface area contributed by atoms with E-state index in [4.69, 9.17) is 0 Å². The number of amides is 1. The minimum atomic E-state index is 0.134.